The molecule has 29 heavy (non-hydrogen) atoms. The molecule has 0 bridgehead atoms. The first-order valence-electron chi connectivity index (χ1n) is 10.1. The lowest BCUT2D eigenvalue weighted by Crippen LogP contribution is -2.32. The smallest absolute Gasteiger partial charge is 0.227 e. The lowest BCUT2D eigenvalue weighted by atomic mass is 9.81. The van der Waals surface area contributed by atoms with Crippen LogP contribution < -0.4 is 10.6 Å². The Hall–Kier alpha value is -2.95. The maximum Gasteiger partial charge on any atom is 0.227 e. The first-order chi connectivity index (χ1) is 13.8. The van der Waals surface area contributed by atoms with Crippen LogP contribution in [0.25, 0.3) is 0 Å². The van der Waals surface area contributed by atoms with E-state index in [1.165, 1.54) is 6.92 Å². The van der Waals surface area contributed by atoms with Crippen molar-refractivity contribution in [3.63, 3.8) is 0 Å². The van der Waals surface area contributed by atoms with Gasteiger partial charge in [-0.1, -0.05) is 12.1 Å². The first kappa shape index (κ1) is 20.8. The summed E-state index contributed by atoms with van der Waals surface area (Å²) in [6.45, 7) is 5.51. The Morgan fingerprint density at radius 1 is 0.793 bits per heavy atom. The number of carbonyl (C=O) groups is 3. The molecule has 1 fully saturated rings. The highest BCUT2D eigenvalue weighted by Gasteiger charge is 2.30. The molecule has 1 aliphatic rings. The summed E-state index contributed by atoms with van der Waals surface area (Å²) in [5, 5.41) is 5.98. The van der Waals surface area contributed by atoms with E-state index in [9.17, 15) is 14.4 Å². The third kappa shape index (κ3) is 5.31. The van der Waals surface area contributed by atoms with Crippen LogP contribution in [0.5, 0.6) is 0 Å². The van der Waals surface area contributed by atoms with E-state index in [0.29, 0.717) is 36.9 Å². The maximum absolute atomic E-state index is 12.6. The minimum absolute atomic E-state index is 0.000308. The summed E-state index contributed by atoms with van der Waals surface area (Å²) in [7, 11) is 0. The van der Waals surface area contributed by atoms with E-state index in [2.05, 4.69) is 10.6 Å². The standard InChI is InChI=1S/C24H28N2O3/c1-15-4-5-16(2)22(14-15)26-24(29)20-8-6-19(7-9-20)23(28)25-21-12-10-18(11-13-21)17(3)27/h4-5,10-14,19-20H,6-9H2,1-3H3,(H,25,28)(H,26,29). The molecular weight excluding hydrogens is 364 g/mol. The summed E-state index contributed by atoms with van der Waals surface area (Å²) in [5.74, 6) is -0.132. The predicted molar refractivity (Wildman–Crippen MR) is 115 cm³/mol. The van der Waals surface area contributed by atoms with Crippen molar-refractivity contribution in [1.29, 1.82) is 0 Å². The number of carbonyl (C=O) groups excluding carboxylic acids is 3. The number of nitrogens with one attached hydrogen (secondary N) is 2. The van der Waals surface area contributed by atoms with Crippen LogP contribution in [0.2, 0.25) is 0 Å². The van der Waals surface area contributed by atoms with Gasteiger partial charge in [0.2, 0.25) is 11.8 Å². The molecule has 0 heterocycles. The van der Waals surface area contributed by atoms with E-state index >= 15 is 0 Å². The number of ketones is 1. The highest BCUT2D eigenvalue weighted by molar-refractivity contribution is 5.96. The van der Waals surface area contributed by atoms with Crippen LogP contribution in [0.15, 0.2) is 42.5 Å². The van der Waals surface area contributed by atoms with Gasteiger partial charge in [-0.05, 0) is 87.9 Å². The van der Waals surface area contributed by atoms with Gasteiger partial charge >= 0.3 is 0 Å². The molecule has 2 N–H and O–H groups in total. The topological polar surface area (TPSA) is 75.3 Å². The van der Waals surface area contributed by atoms with Gasteiger partial charge in [0.05, 0.1) is 0 Å². The molecule has 0 aliphatic heterocycles. The summed E-state index contributed by atoms with van der Waals surface area (Å²) in [5.41, 5.74) is 4.34. The molecule has 0 aromatic heterocycles. The minimum atomic E-state index is -0.0905. The van der Waals surface area contributed by atoms with Crippen molar-refractivity contribution in [2.24, 2.45) is 11.8 Å². The molecule has 2 aromatic rings. The lowest BCUT2D eigenvalue weighted by Gasteiger charge is -2.27. The van der Waals surface area contributed by atoms with Gasteiger partial charge in [-0.2, -0.15) is 0 Å². The largest absolute Gasteiger partial charge is 0.326 e. The zero-order chi connectivity index (χ0) is 21.0. The van der Waals surface area contributed by atoms with Crippen LogP contribution in [0.1, 0.15) is 54.1 Å². The Morgan fingerprint density at radius 2 is 1.34 bits per heavy atom. The third-order valence-electron chi connectivity index (χ3n) is 5.68. The fraction of sp³-hybridized carbons (Fsp3) is 0.375. The van der Waals surface area contributed by atoms with Crippen LogP contribution in [0.4, 0.5) is 11.4 Å². The molecule has 1 saturated carbocycles. The summed E-state index contributed by atoms with van der Waals surface area (Å²) >= 11 is 0. The summed E-state index contributed by atoms with van der Waals surface area (Å²) in [4.78, 5) is 36.5. The van der Waals surface area contributed by atoms with Gasteiger partial charge in [-0.15, -0.1) is 0 Å². The normalized spacial score (nSPS) is 18.7. The molecule has 0 radical (unpaired) electrons. The molecule has 1 aliphatic carbocycles. The SMILES string of the molecule is CC(=O)c1ccc(NC(=O)C2CCC(C(=O)Nc3cc(C)ccc3C)CC2)cc1. The summed E-state index contributed by atoms with van der Waals surface area (Å²) in [6, 6.07) is 13.0. The van der Waals surface area contributed by atoms with E-state index < -0.39 is 0 Å². The maximum atomic E-state index is 12.6. The van der Waals surface area contributed by atoms with Crippen LogP contribution in [0.3, 0.4) is 0 Å². The average Bonchev–Trinajstić information content (AvgIpc) is 2.71. The number of Topliss-reactive ketones (excluding diaryl/α,β-unsaturated/α-hetero) is 1. The first-order valence-corrected chi connectivity index (χ1v) is 10.1. The van der Waals surface area contributed by atoms with Gasteiger partial charge in [-0.3, -0.25) is 14.4 Å². The monoisotopic (exact) mass is 392 g/mol. The van der Waals surface area contributed by atoms with Crippen molar-refractivity contribution in [2.75, 3.05) is 10.6 Å². The number of amides is 2. The van der Waals surface area contributed by atoms with E-state index in [4.69, 9.17) is 0 Å². The Labute approximate surface area is 171 Å². The Bertz CT molecular complexity index is 910. The van der Waals surface area contributed by atoms with E-state index in [1.807, 2.05) is 32.0 Å². The number of anilines is 2. The molecule has 2 aromatic carbocycles. The zero-order valence-electron chi connectivity index (χ0n) is 17.2. The second-order valence-electron chi connectivity index (χ2n) is 7.98. The third-order valence-corrected chi connectivity index (χ3v) is 5.68. The molecule has 3 rings (SSSR count). The van der Waals surface area contributed by atoms with Gasteiger partial charge in [-0.25, -0.2) is 0 Å². The Morgan fingerprint density at radius 3 is 1.90 bits per heavy atom. The highest BCUT2D eigenvalue weighted by Crippen LogP contribution is 2.31. The minimum Gasteiger partial charge on any atom is -0.326 e. The zero-order valence-corrected chi connectivity index (χ0v) is 17.2. The van der Waals surface area contributed by atoms with E-state index in [0.717, 1.165) is 16.8 Å². The number of rotatable bonds is 5. The van der Waals surface area contributed by atoms with Crippen molar-refractivity contribution in [2.45, 2.75) is 46.5 Å². The van der Waals surface area contributed by atoms with Crippen molar-refractivity contribution in [1.82, 2.24) is 0 Å². The fourth-order valence-electron chi connectivity index (χ4n) is 3.76. The van der Waals surface area contributed by atoms with Crippen molar-refractivity contribution in [3.05, 3.63) is 59.2 Å². The predicted octanol–water partition coefficient (Wildman–Crippen LogP) is 4.89. The van der Waals surface area contributed by atoms with E-state index in [-0.39, 0.29) is 29.4 Å². The van der Waals surface area contributed by atoms with Gasteiger partial charge in [0, 0.05) is 28.8 Å². The molecule has 0 spiro atoms. The van der Waals surface area contributed by atoms with Crippen molar-refractivity contribution >= 4 is 29.0 Å². The molecule has 0 atom stereocenters. The summed E-state index contributed by atoms with van der Waals surface area (Å²) in [6.07, 6.45) is 2.81. The average molecular weight is 392 g/mol. The second kappa shape index (κ2) is 9.03. The van der Waals surface area contributed by atoms with E-state index in [1.54, 1.807) is 24.3 Å². The number of aryl methyl sites for hydroxylation is 2. The van der Waals surface area contributed by atoms with Gasteiger partial charge in [0.25, 0.3) is 0 Å². The highest BCUT2D eigenvalue weighted by atomic mass is 16.2. The second-order valence-corrected chi connectivity index (χ2v) is 7.98. The van der Waals surface area contributed by atoms with Gasteiger partial charge in [0.1, 0.15) is 0 Å². The summed E-state index contributed by atoms with van der Waals surface area (Å²) < 4.78 is 0. The number of hydrogen-bond donors (Lipinski definition) is 2. The van der Waals surface area contributed by atoms with Crippen LogP contribution in [-0.4, -0.2) is 17.6 Å². The number of benzene rings is 2. The molecule has 152 valence electrons. The lowest BCUT2D eigenvalue weighted by molar-refractivity contribution is -0.125. The Balaban J connectivity index is 1.51. The number of hydrogen-bond acceptors (Lipinski definition) is 3. The molecule has 5 heteroatoms. The molecule has 5 nitrogen and oxygen atoms in total. The van der Waals surface area contributed by atoms with Crippen molar-refractivity contribution in [3.8, 4) is 0 Å². The molecule has 0 unspecified atom stereocenters. The van der Waals surface area contributed by atoms with Crippen LogP contribution >= 0.6 is 0 Å². The van der Waals surface area contributed by atoms with Gasteiger partial charge < -0.3 is 10.6 Å². The van der Waals surface area contributed by atoms with Gasteiger partial charge in [0.15, 0.2) is 5.78 Å². The van der Waals surface area contributed by atoms with Crippen molar-refractivity contribution < 1.29 is 14.4 Å². The molecular formula is C24H28N2O3. The fourth-order valence-corrected chi connectivity index (χ4v) is 3.76. The Kier molecular flexibility index (Phi) is 6.47. The quantitative estimate of drug-likeness (QED) is 0.712. The molecule has 2 amide bonds. The molecule has 0 saturated heterocycles. The van der Waals surface area contributed by atoms with Crippen LogP contribution in [0, 0.1) is 25.7 Å². The van der Waals surface area contributed by atoms with Crippen LogP contribution in [-0.2, 0) is 9.59 Å².